The van der Waals surface area contributed by atoms with Crippen LogP contribution >= 0.6 is 15.9 Å². The number of aromatic nitrogens is 2. The molecule has 1 N–H and O–H groups in total. The van der Waals surface area contributed by atoms with E-state index in [-0.39, 0.29) is 21.5 Å². The summed E-state index contributed by atoms with van der Waals surface area (Å²) in [5.74, 6) is -2.91. The molecule has 0 unspecified atom stereocenters. The molecule has 0 aliphatic heterocycles. The van der Waals surface area contributed by atoms with Gasteiger partial charge < -0.3 is 9.47 Å². The van der Waals surface area contributed by atoms with Crippen LogP contribution in [0.1, 0.15) is 10.5 Å². The number of hydrogen-bond acceptors (Lipinski definition) is 5. The highest BCUT2D eigenvalue weighted by molar-refractivity contribution is 9.10. The molecule has 116 valence electrons. The van der Waals surface area contributed by atoms with Gasteiger partial charge in [0.15, 0.2) is 5.75 Å². The molecule has 1 heterocycles. The normalized spacial score (nSPS) is 10.4. The molecule has 1 aromatic heterocycles. The van der Waals surface area contributed by atoms with Crippen molar-refractivity contribution in [2.24, 2.45) is 0 Å². The Balaban J connectivity index is 2.72. The number of nitrogens with one attached hydrogen (secondary N) is 1. The molecule has 0 saturated carbocycles. The Kier molecular flexibility index (Phi) is 4.55. The maximum absolute atomic E-state index is 14.0. The Bertz CT molecular complexity index is 807. The minimum absolute atomic E-state index is 0.0748. The first-order chi connectivity index (χ1) is 10.4. The van der Waals surface area contributed by atoms with Gasteiger partial charge in [-0.25, -0.2) is 13.6 Å². The van der Waals surface area contributed by atoms with E-state index >= 15 is 0 Å². The van der Waals surface area contributed by atoms with Crippen LogP contribution in [0.25, 0.3) is 11.3 Å². The molecule has 0 amide bonds. The zero-order valence-corrected chi connectivity index (χ0v) is 13.0. The van der Waals surface area contributed by atoms with E-state index in [2.05, 4.69) is 30.9 Å². The molecular weight excluding hydrogens is 366 g/mol. The summed E-state index contributed by atoms with van der Waals surface area (Å²) in [5, 5.41) is 5.85. The van der Waals surface area contributed by atoms with Gasteiger partial charge in [-0.05, 0) is 28.1 Å². The van der Waals surface area contributed by atoms with E-state index in [1.165, 1.54) is 0 Å². The standard InChI is InChI=1S/C13H9BrF2N2O4/c1-21-12-9(5-3-8(16)6(14)4-7(5)15)17-18-10(11(12)19)13(20)22-2/h3-4H,1-2H3,(H,17,19). The lowest BCUT2D eigenvalue weighted by Gasteiger charge is -2.10. The number of H-pyrrole nitrogens is 1. The average Bonchev–Trinajstić information content (AvgIpc) is 2.50. The predicted octanol–water partition coefficient (Wildman–Crippen LogP) is 2.27. The van der Waals surface area contributed by atoms with Crippen molar-refractivity contribution in [3.8, 4) is 17.0 Å². The van der Waals surface area contributed by atoms with Crippen molar-refractivity contribution >= 4 is 21.9 Å². The fourth-order valence-corrected chi connectivity index (χ4v) is 2.08. The minimum atomic E-state index is -0.978. The van der Waals surface area contributed by atoms with Gasteiger partial charge in [0.2, 0.25) is 5.69 Å². The van der Waals surface area contributed by atoms with E-state index in [0.717, 1.165) is 26.4 Å². The van der Waals surface area contributed by atoms with Crippen LogP contribution in [0.5, 0.6) is 5.75 Å². The number of rotatable bonds is 3. The zero-order chi connectivity index (χ0) is 16.4. The Morgan fingerprint density at radius 1 is 1.27 bits per heavy atom. The fraction of sp³-hybridized carbons (Fsp3) is 0.154. The molecule has 0 aliphatic carbocycles. The number of halogens is 3. The van der Waals surface area contributed by atoms with Crippen molar-refractivity contribution in [2.45, 2.75) is 0 Å². The summed E-state index contributed by atoms with van der Waals surface area (Å²) < 4.78 is 36.8. The maximum atomic E-state index is 14.0. The van der Waals surface area contributed by atoms with Gasteiger partial charge >= 0.3 is 5.97 Å². The van der Waals surface area contributed by atoms with Gasteiger partial charge in [-0.1, -0.05) is 0 Å². The fourth-order valence-electron chi connectivity index (χ4n) is 1.76. The van der Waals surface area contributed by atoms with E-state index in [1.54, 1.807) is 0 Å². The smallest absolute Gasteiger partial charge is 0.362 e. The third-order valence-corrected chi connectivity index (χ3v) is 3.40. The molecule has 6 nitrogen and oxygen atoms in total. The van der Waals surface area contributed by atoms with Crippen LogP contribution in [0.3, 0.4) is 0 Å². The second-order valence-electron chi connectivity index (χ2n) is 4.05. The molecular formula is C13H9BrF2N2O4. The molecule has 0 aliphatic rings. The van der Waals surface area contributed by atoms with Crippen LogP contribution in [-0.2, 0) is 4.74 Å². The summed E-state index contributed by atoms with van der Waals surface area (Å²) in [5.41, 5.74) is -1.91. The Morgan fingerprint density at radius 2 is 1.95 bits per heavy atom. The van der Waals surface area contributed by atoms with Gasteiger partial charge in [0.1, 0.15) is 17.3 Å². The van der Waals surface area contributed by atoms with E-state index in [9.17, 15) is 18.4 Å². The molecule has 1 aromatic carbocycles. The van der Waals surface area contributed by atoms with E-state index < -0.39 is 28.7 Å². The van der Waals surface area contributed by atoms with Crippen molar-refractivity contribution in [2.75, 3.05) is 14.2 Å². The zero-order valence-electron chi connectivity index (χ0n) is 11.4. The number of methoxy groups -OCH3 is 2. The van der Waals surface area contributed by atoms with Crippen LogP contribution < -0.4 is 10.2 Å². The number of hydrogen-bond donors (Lipinski definition) is 1. The molecule has 0 atom stereocenters. The number of carbonyl (C=O) groups excluding carboxylic acids is 1. The summed E-state index contributed by atoms with van der Waals surface area (Å²) in [6, 6.07) is 1.77. The maximum Gasteiger partial charge on any atom is 0.362 e. The number of nitrogens with zero attached hydrogens (tertiary/aromatic N) is 1. The lowest BCUT2D eigenvalue weighted by molar-refractivity contribution is 0.0590. The molecule has 0 fully saturated rings. The summed E-state index contributed by atoms with van der Waals surface area (Å²) in [6.07, 6.45) is 0. The second kappa shape index (κ2) is 6.22. The molecule has 2 aromatic rings. The van der Waals surface area contributed by atoms with E-state index in [0.29, 0.717) is 0 Å². The molecule has 0 spiro atoms. The summed E-state index contributed by atoms with van der Waals surface area (Å²) in [4.78, 5) is 23.5. The Hall–Kier alpha value is -2.29. The van der Waals surface area contributed by atoms with Crippen molar-refractivity contribution in [3.05, 3.63) is 44.2 Å². The molecule has 22 heavy (non-hydrogen) atoms. The molecule has 0 radical (unpaired) electrons. The molecule has 0 saturated heterocycles. The third kappa shape index (κ3) is 2.71. The van der Waals surface area contributed by atoms with E-state index in [4.69, 9.17) is 4.74 Å². The first-order valence-corrected chi connectivity index (χ1v) is 6.59. The monoisotopic (exact) mass is 374 g/mol. The number of benzene rings is 1. The summed E-state index contributed by atoms with van der Waals surface area (Å²) >= 11 is 2.85. The first kappa shape index (κ1) is 16.1. The summed E-state index contributed by atoms with van der Waals surface area (Å²) in [6.45, 7) is 0. The quantitative estimate of drug-likeness (QED) is 0.658. The van der Waals surface area contributed by atoms with Crippen molar-refractivity contribution in [3.63, 3.8) is 0 Å². The van der Waals surface area contributed by atoms with Gasteiger partial charge in [-0.3, -0.25) is 9.89 Å². The first-order valence-electron chi connectivity index (χ1n) is 5.80. The lowest BCUT2D eigenvalue weighted by atomic mass is 10.1. The highest BCUT2D eigenvalue weighted by Crippen LogP contribution is 2.30. The lowest BCUT2D eigenvalue weighted by Crippen LogP contribution is -2.22. The van der Waals surface area contributed by atoms with Gasteiger partial charge in [-0.15, -0.1) is 0 Å². The second-order valence-corrected chi connectivity index (χ2v) is 4.90. The van der Waals surface area contributed by atoms with Crippen LogP contribution in [0.4, 0.5) is 8.78 Å². The predicted molar refractivity (Wildman–Crippen MR) is 75.8 cm³/mol. The van der Waals surface area contributed by atoms with Crippen molar-refractivity contribution in [1.29, 1.82) is 0 Å². The van der Waals surface area contributed by atoms with Crippen LogP contribution in [0.15, 0.2) is 21.4 Å². The molecule has 2 rings (SSSR count). The number of esters is 1. The molecule has 0 bridgehead atoms. The minimum Gasteiger partial charge on any atom is -0.491 e. The van der Waals surface area contributed by atoms with Crippen LogP contribution in [0, 0.1) is 11.6 Å². The SMILES string of the molecule is COC(=O)c1n[nH]c(-c2cc(F)c(Br)cc2F)c(OC)c1=O. The summed E-state index contributed by atoms with van der Waals surface area (Å²) in [7, 11) is 2.23. The highest BCUT2D eigenvalue weighted by Gasteiger charge is 2.23. The van der Waals surface area contributed by atoms with E-state index in [1.807, 2.05) is 0 Å². The topological polar surface area (TPSA) is 81.3 Å². The highest BCUT2D eigenvalue weighted by atomic mass is 79.9. The van der Waals surface area contributed by atoms with Crippen molar-refractivity contribution < 1.29 is 23.0 Å². The largest absolute Gasteiger partial charge is 0.491 e. The third-order valence-electron chi connectivity index (χ3n) is 2.79. The molecule has 9 heteroatoms. The van der Waals surface area contributed by atoms with Gasteiger partial charge in [0.25, 0.3) is 5.43 Å². The Labute approximate surface area is 131 Å². The van der Waals surface area contributed by atoms with Crippen LogP contribution in [0.2, 0.25) is 0 Å². The Morgan fingerprint density at radius 3 is 2.55 bits per heavy atom. The average molecular weight is 375 g/mol. The van der Waals surface area contributed by atoms with Gasteiger partial charge in [0, 0.05) is 5.56 Å². The van der Waals surface area contributed by atoms with Gasteiger partial charge in [-0.2, -0.15) is 5.10 Å². The van der Waals surface area contributed by atoms with Crippen molar-refractivity contribution in [1.82, 2.24) is 10.2 Å². The number of aromatic amines is 1. The number of carbonyl (C=O) groups is 1. The van der Waals surface area contributed by atoms with Crippen LogP contribution in [-0.4, -0.2) is 30.4 Å². The number of ether oxygens (including phenoxy) is 2. The van der Waals surface area contributed by atoms with Gasteiger partial charge in [0.05, 0.1) is 18.7 Å².